The number of benzene rings is 3. The Morgan fingerprint density at radius 2 is 1.09 bits per heavy atom. The lowest BCUT2D eigenvalue weighted by Gasteiger charge is -2.33. The fraction of sp³-hybridized carbons (Fsp3) is 0.400. The lowest BCUT2D eigenvalue weighted by molar-refractivity contribution is -0.0686. The second-order valence-corrected chi connectivity index (χ2v) is 10.1. The molecule has 0 aliphatic heterocycles. The van der Waals surface area contributed by atoms with Crippen molar-refractivity contribution >= 4 is 0 Å². The highest BCUT2D eigenvalue weighted by Gasteiger charge is 2.29. The van der Waals surface area contributed by atoms with Gasteiger partial charge in [0.1, 0.15) is 5.75 Å². The van der Waals surface area contributed by atoms with Crippen molar-refractivity contribution in [3.63, 3.8) is 0 Å². The van der Waals surface area contributed by atoms with Gasteiger partial charge in [0.25, 0.3) is 0 Å². The molecule has 0 aliphatic rings. The number of phenolic OH excluding ortho intramolecular Hbond substituents is 1. The zero-order chi connectivity index (χ0) is 24.1. The predicted octanol–water partition coefficient (Wildman–Crippen LogP) is 7.59. The van der Waals surface area contributed by atoms with E-state index in [0.717, 1.165) is 22.3 Å². The Morgan fingerprint density at radius 3 is 1.58 bits per heavy atom. The number of aromatic hydroxyl groups is 1. The minimum atomic E-state index is -0.453. The first-order chi connectivity index (χ1) is 15.6. The molecule has 2 atom stereocenters. The molecule has 0 bridgehead atoms. The standard InChI is InChI=1S/C30H38O3/c1-22(24-14-9-7-10-15-24)32-29(3,4)20-26-18-13-19-28(31)27(26)21-30(5,6)33-23(2)25-16-11-8-12-17-25/h7-19,22-23,31H,20-21H2,1-6H3. The maximum Gasteiger partial charge on any atom is 0.119 e. The van der Waals surface area contributed by atoms with E-state index in [1.54, 1.807) is 6.07 Å². The second-order valence-electron chi connectivity index (χ2n) is 10.1. The number of phenols is 1. The maximum atomic E-state index is 10.8. The molecule has 0 saturated carbocycles. The van der Waals surface area contributed by atoms with Crippen LogP contribution in [0, 0.1) is 0 Å². The first-order valence-corrected chi connectivity index (χ1v) is 11.8. The lowest BCUT2D eigenvalue weighted by Crippen LogP contribution is -2.32. The van der Waals surface area contributed by atoms with Crippen LogP contribution < -0.4 is 0 Å². The van der Waals surface area contributed by atoms with Crippen LogP contribution in [0.2, 0.25) is 0 Å². The summed E-state index contributed by atoms with van der Waals surface area (Å²) in [5, 5.41) is 10.8. The van der Waals surface area contributed by atoms with Crippen molar-refractivity contribution < 1.29 is 14.6 Å². The van der Waals surface area contributed by atoms with Gasteiger partial charge >= 0.3 is 0 Å². The minimum absolute atomic E-state index is 0.0199. The molecule has 0 amide bonds. The molecule has 3 rings (SSSR count). The first kappa shape index (κ1) is 25.0. The molecular weight excluding hydrogens is 408 g/mol. The second kappa shape index (κ2) is 10.5. The summed E-state index contributed by atoms with van der Waals surface area (Å²) in [6, 6.07) is 26.3. The van der Waals surface area contributed by atoms with Crippen LogP contribution in [0.4, 0.5) is 0 Å². The third-order valence-electron chi connectivity index (χ3n) is 6.00. The normalized spacial score (nSPS) is 14.1. The molecule has 33 heavy (non-hydrogen) atoms. The highest BCUT2D eigenvalue weighted by molar-refractivity contribution is 5.41. The van der Waals surface area contributed by atoms with Gasteiger partial charge in [0.2, 0.25) is 0 Å². The van der Waals surface area contributed by atoms with Crippen LogP contribution in [0.15, 0.2) is 78.9 Å². The van der Waals surface area contributed by atoms with Gasteiger partial charge in [-0.2, -0.15) is 0 Å². The van der Waals surface area contributed by atoms with Crippen molar-refractivity contribution in [1.82, 2.24) is 0 Å². The predicted molar refractivity (Wildman–Crippen MR) is 136 cm³/mol. The number of ether oxygens (including phenoxy) is 2. The van der Waals surface area contributed by atoms with Crippen LogP contribution in [-0.4, -0.2) is 16.3 Å². The van der Waals surface area contributed by atoms with E-state index < -0.39 is 11.2 Å². The van der Waals surface area contributed by atoms with Crippen molar-refractivity contribution in [2.75, 3.05) is 0 Å². The van der Waals surface area contributed by atoms with Crippen LogP contribution in [-0.2, 0) is 22.3 Å². The van der Waals surface area contributed by atoms with E-state index >= 15 is 0 Å². The monoisotopic (exact) mass is 446 g/mol. The largest absolute Gasteiger partial charge is 0.508 e. The highest BCUT2D eigenvalue weighted by Crippen LogP contribution is 2.34. The summed E-state index contributed by atoms with van der Waals surface area (Å²) < 4.78 is 12.9. The van der Waals surface area contributed by atoms with E-state index in [0.29, 0.717) is 18.6 Å². The maximum absolute atomic E-state index is 10.8. The summed E-state index contributed by atoms with van der Waals surface area (Å²) in [4.78, 5) is 0. The molecule has 3 aromatic rings. The molecule has 3 aromatic carbocycles. The van der Waals surface area contributed by atoms with Gasteiger partial charge < -0.3 is 14.6 Å². The van der Waals surface area contributed by atoms with Crippen LogP contribution in [0.5, 0.6) is 5.75 Å². The zero-order valence-corrected chi connectivity index (χ0v) is 20.8. The summed E-state index contributed by atoms with van der Waals surface area (Å²) in [7, 11) is 0. The summed E-state index contributed by atoms with van der Waals surface area (Å²) in [5.74, 6) is 0.309. The van der Waals surface area contributed by atoms with Gasteiger partial charge in [0.15, 0.2) is 0 Å². The average molecular weight is 447 g/mol. The third-order valence-corrected chi connectivity index (χ3v) is 6.00. The van der Waals surface area contributed by atoms with E-state index in [1.165, 1.54) is 0 Å². The van der Waals surface area contributed by atoms with Crippen molar-refractivity contribution in [3.8, 4) is 5.75 Å². The molecule has 0 spiro atoms. The first-order valence-electron chi connectivity index (χ1n) is 11.8. The Labute approximate surface area is 199 Å². The van der Waals surface area contributed by atoms with Gasteiger partial charge in [-0.15, -0.1) is 0 Å². The molecule has 0 radical (unpaired) electrons. The smallest absolute Gasteiger partial charge is 0.119 e. The van der Waals surface area contributed by atoms with Gasteiger partial charge in [0.05, 0.1) is 23.4 Å². The average Bonchev–Trinajstić information content (AvgIpc) is 2.76. The Hall–Kier alpha value is -2.62. The Kier molecular flexibility index (Phi) is 7.99. The molecule has 0 fully saturated rings. The lowest BCUT2D eigenvalue weighted by atomic mass is 9.88. The van der Waals surface area contributed by atoms with Gasteiger partial charge in [-0.25, -0.2) is 0 Å². The molecule has 0 heterocycles. The van der Waals surface area contributed by atoms with E-state index in [-0.39, 0.29) is 12.2 Å². The topological polar surface area (TPSA) is 38.7 Å². The molecule has 176 valence electrons. The minimum Gasteiger partial charge on any atom is -0.508 e. The van der Waals surface area contributed by atoms with Crippen LogP contribution in [0.1, 0.15) is 76.0 Å². The molecule has 0 aromatic heterocycles. The summed E-state index contributed by atoms with van der Waals surface area (Å²) in [5.41, 5.74) is 3.46. The third kappa shape index (κ3) is 7.18. The fourth-order valence-electron chi connectivity index (χ4n) is 4.50. The molecular formula is C30H38O3. The Balaban J connectivity index is 1.75. The number of hydrogen-bond acceptors (Lipinski definition) is 3. The molecule has 2 unspecified atom stereocenters. The Bertz CT molecular complexity index is 1010. The highest BCUT2D eigenvalue weighted by atomic mass is 16.5. The van der Waals surface area contributed by atoms with Gasteiger partial charge in [-0.05, 0) is 69.9 Å². The van der Waals surface area contributed by atoms with E-state index in [9.17, 15) is 5.11 Å². The molecule has 0 aliphatic carbocycles. The fourth-order valence-corrected chi connectivity index (χ4v) is 4.50. The van der Waals surface area contributed by atoms with E-state index in [4.69, 9.17) is 9.47 Å². The Morgan fingerprint density at radius 1 is 0.636 bits per heavy atom. The molecule has 3 heteroatoms. The van der Waals surface area contributed by atoms with Gasteiger partial charge in [0, 0.05) is 12.8 Å². The van der Waals surface area contributed by atoms with Crippen LogP contribution in [0.3, 0.4) is 0 Å². The molecule has 3 nitrogen and oxygen atoms in total. The van der Waals surface area contributed by atoms with Gasteiger partial charge in [-0.1, -0.05) is 72.8 Å². The van der Waals surface area contributed by atoms with Crippen molar-refractivity contribution in [3.05, 3.63) is 101 Å². The van der Waals surface area contributed by atoms with Crippen LogP contribution in [0.25, 0.3) is 0 Å². The quantitative estimate of drug-likeness (QED) is 0.349. The summed E-state index contributed by atoms with van der Waals surface area (Å²) in [6.45, 7) is 12.6. The SMILES string of the molecule is CC(OC(C)(C)Cc1cccc(O)c1CC(C)(C)OC(C)c1ccccc1)c1ccccc1. The van der Waals surface area contributed by atoms with Crippen LogP contribution >= 0.6 is 0 Å². The number of hydrogen-bond donors (Lipinski definition) is 1. The summed E-state index contributed by atoms with van der Waals surface area (Å²) in [6.07, 6.45) is 1.24. The van der Waals surface area contributed by atoms with Crippen molar-refractivity contribution in [1.29, 1.82) is 0 Å². The van der Waals surface area contributed by atoms with E-state index in [2.05, 4.69) is 71.9 Å². The molecule has 0 saturated heterocycles. The zero-order valence-electron chi connectivity index (χ0n) is 20.8. The molecule has 1 N–H and O–H groups in total. The van der Waals surface area contributed by atoms with Gasteiger partial charge in [-0.3, -0.25) is 0 Å². The van der Waals surface area contributed by atoms with Crippen molar-refractivity contribution in [2.24, 2.45) is 0 Å². The van der Waals surface area contributed by atoms with E-state index in [1.807, 2.05) is 42.5 Å². The number of rotatable bonds is 10. The summed E-state index contributed by atoms with van der Waals surface area (Å²) >= 11 is 0. The van der Waals surface area contributed by atoms with Crippen molar-refractivity contribution in [2.45, 2.75) is 77.8 Å².